The monoisotopic (exact) mass is 260 g/mol. The van der Waals surface area contributed by atoms with Crippen molar-refractivity contribution in [2.45, 2.75) is 6.92 Å². The van der Waals surface area contributed by atoms with E-state index in [-0.39, 0.29) is 8.41 Å². The van der Waals surface area contributed by atoms with Crippen LogP contribution in [0.3, 0.4) is 0 Å². The Bertz CT molecular complexity index is 459. The summed E-state index contributed by atoms with van der Waals surface area (Å²) >= 11 is 0. The van der Waals surface area contributed by atoms with Gasteiger partial charge in [0.2, 0.25) is 0 Å². The maximum atomic E-state index is 10.2. The Morgan fingerprint density at radius 3 is 2.06 bits per heavy atom. The van der Waals surface area contributed by atoms with Gasteiger partial charge in [-0.1, -0.05) is 30.3 Å². The van der Waals surface area contributed by atoms with Gasteiger partial charge in [-0.15, -0.1) is 0 Å². The molecule has 2 aromatic carbocycles. The molecule has 2 aromatic rings. The average molecular weight is 260 g/mol. The van der Waals surface area contributed by atoms with Gasteiger partial charge in [0, 0.05) is 10.6 Å². The van der Waals surface area contributed by atoms with Crippen molar-refractivity contribution in [1.29, 1.82) is 0 Å². The number of ether oxygens (including phenoxy) is 1. The first-order valence-electron chi connectivity index (χ1n) is 5.58. The summed E-state index contributed by atoms with van der Waals surface area (Å²) in [5.41, 5.74) is 0. The molecule has 2 rings (SSSR count). The molecule has 0 saturated carbocycles. The summed E-state index contributed by atoms with van der Waals surface area (Å²) < 4.78 is 5.37. The quantitative estimate of drug-likeness (QED) is 0.662. The Hall–Kier alpha value is -1.31. The lowest BCUT2D eigenvalue weighted by molar-refractivity contribution is 0.340. The van der Waals surface area contributed by atoms with Gasteiger partial charge in [-0.3, -0.25) is 0 Å². The molecule has 0 aromatic heterocycles. The van der Waals surface area contributed by atoms with Gasteiger partial charge in [0.15, 0.2) is 0 Å². The van der Waals surface area contributed by atoms with E-state index in [4.69, 9.17) is 4.74 Å². The number of hydrogen-bond acceptors (Lipinski definition) is 2. The van der Waals surface area contributed by atoms with Crippen molar-refractivity contribution in [2.75, 3.05) is 6.61 Å². The normalized spacial score (nSPS) is 11.4. The highest BCUT2D eigenvalue weighted by Crippen LogP contribution is 2.28. The summed E-state index contributed by atoms with van der Waals surface area (Å²) in [7, 11) is -1.25. The number of benzene rings is 2. The molecule has 0 spiro atoms. The lowest BCUT2D eigenvalue weighted by atomic mass is 10.3. The zero-order valence-corrected chi connectivity index (χ0v) is 10.6. The molecule has 0 aliphatic rings. The molecular weight excluding hydrogens is 242 g/mol. The third kappa shape index (κ3) is 3.59. The van der Waals surface area contributed by atoms with Gasteiger partial charge in [-0.05, 0) is 31.2 Å². The summed E-state index contributed by atoms with van der Waals surface area (Å²) in [5.74, 6) is 0.840. The van der Waals surface area contributed by atoms with E-state index in [1.165, 1.54) is 0 Å². The Balaban J connectivity index is 0.00000162. The second-order valence-electron chi connectivity index (χ2n) is 3.57. The van der Waals surface area contributed by atoms with Crippen LogP contribution >= 0.6 is 8.15 Å². The van der Waals surface area contributed by atoms with Crippen LogP contribution in [0.1, 0.15) is 6.92 Å². The van der Waals surface area contributed by atoms with Crippen molar-refractivity contribution in [1.82, 2.24) is 0 Å². The Morgan fingerprint density at radius 1 is 0.944 bits per heavy atom. The van der Waals surface area contributed by atoms with Gasteiger partial charge in [0.25, 0.3) is 0 Å². The van der Waals surface area contributed by atoms with Crippen LogP contribution in [0, 0.1) is 0 Å². The molecule has 0 amide bonds. The topological polar surface area (TPSA) is 29.5 Å². The van der Waals surface area contributed by atoms with Crippen LogP contribution in [0.25, 0.3) is 0 Å². The van der Waals surface area contributed by atoms with Crippen molar-refractivity contribution in [3.63, 3.8) is 0 Å². The summed E-state index contributed by atoms with van der Waals surface area (Å²) in [6.45, 7) is 2.61. The van der Waals surface area contributed by atoms with Gasteiger partial charge >= 0.3 is 0 Å². The van der Waals surface area contributed by atoms with Crippen LogP contribution in [0.15, 0.2) is 54.6 Å². The summed E-state index contributed by atoms with van der Waals surface area (Å²) in [4.78, 5) is 10.2. The van der Waals surface area contributed by atoms with Crippen LogP contribution < -0.4 is 15.3 Å². The second kappa shape index (κ2) is 7.20. The fourth-order valence-corrected chi connectivity index (χ4v) is 2.75. The van der Waals surface area contributed by atoms with E-state index in [2.05, 4.69) is 0 Å². The van der Waals surface area contributed by atoms with Crippen molar-refractivity contribution >= 4 is 27.2 Å². The Labute approximate surface area is 111 Å². The first kappa shape index (κ1) is 14.8. The third-order valence-corrected chi connectivity index (χ3v) is 3.97. The van der Waals surface area contributed by atoms with Gasteiger partial charge in [-0.25, -0.2) is 0 Å². The van der Waals surface area contributed by atoms with E-state index in [0.717, 1.165) is 16.4 Å². The molecule has 1 N–H and O–H groups in total. The van der Waals surface area contributed by atoms with E-state index in [1.54, 1.807) is 0 Å². The van der Waals surface area contributed by atoms with Gasteiger partial charge in [0.05, 0.1) is 23.2 Å². The number of rotatable bonds is 4. The maximum Gasteiger partial charge on any atom is 0.119 e. The highest BCUT2D eigenvalue weighted by molar-refractivity contribution is 7.67. The average Bonchev–Trinajstić information content (AvgIpc) is 2.40. The molecule has 0 bridgehead atoms. The molecule has 0 aliphatic heterocycles. The minimum atomic E-state index is -1.25. The van der Waals surface area contributed by atoms with E-state index < -0.39 is 8.15 Å². The molecule has 18 heavy (non-hydrogen) atoms. The molecule has 0 heterocycles. The van der Waals surface area contributed by atoms with E-state index in [1.807, 2.05) is 61.5 Å². The van der Waals surface area contributed by atoms with Gasteiger partial charge in [-0.2, -0.15) is 0 Å². The minimum absolute atomic E-state index is 0. The predicted molar refractivity (Wildman–Crippen MR) is 82.4 cm³/mol. The summed E-state index contributed by atoms with van der Waals surface area (Å²) in [5, 5.41) is 1.90. The molecule has 2 nitrogen and oxygen atoms in total. The zero-order chi connectivity index (χ0) is 12.1. The molecule has 0 aliphatic carbocycles. The van der Waals surface area contributed by atoms with Crippen LogP contribution in [-0.2, 0) is 0 Å². The Morgan fingerprint density at radius 2 is 1.50 bits per heavy atom. The van der Waals surface area contributed by atoms with Crippen molar-refractivity contribution < 1.29 is 9.63 Å². The van der Waals surface area contributed by atoms with Crippen LogP contribution in [0.4, 0.5) is 0 Å². The summed E-state index contributed by atoms with van der Waals surface area (Å²) in [6.07, 6.45) is 0. The maximum absolute atomic E-state index is 10.2. The first-order chi connectivity index (χ1) is 8.31. The van der Waals surface area contributed by atoms with Crippen molar-refractivity contribution in [2.24, 2.45) is 0 Å². The molecule has 0 fully saturated rings. The molecular formula is C14H18BO2P. The Kier molecular flexibility index (Phi) is 5.90. The number of hydrogen-bond donors (Lipinski definition) is 1. The molecule has 0 radical (unpaired) electrons. The van der Waals surface area contributed by atoms with Gasteiger partial charge < -0.3 is 9.63 Å². The zero-order valence-electron chi connectivity index (χ0n) is 9.71. The first-order valence-corrected chi connectivity index (χ1v) is 6.87. The van der Waals surface area contributed by atoms with E-state index in [9.17, 15) is 4.89 Å². The van der Waals surface area contributed by atoms with E-state index in [0.29, 0.717) is 6.61 Å². The highest BCUT2D eigenvalue weighted by atomic mass is 31.1. The van der Waals surface area contributed by atoms with Crippen LogP contribution in [-0.4, -0.2) is 19.9 Å². The molecule has 94 valence electrons. The fraction of sp³-hybridized carbons (Fsp3) is 0.143. The molecule has 4 heteroatoms. The lowest BCUT2D eigenvalue weighted by Crippen LogP contribution is -2.10. The molecule has 1 unspecified atom stereocenters. The third-order valence-electron chi connectivity index (χ3n) is 2.39. The van der Waals surface area contributed by atoms with Crippen LogP contribution in [0.5, 0.6) is 5.75 Å². The largest absolute Gasteiger partial charge is 0.494 e. The van der Waals surface area contributed by atoms with Crippen molar-refractivity contribution in [3.05, 3.63) is 54.6 Å². The van der Waals surface area contributed by atoms with E-state index >= 15 is 0 Å². The SMILES string of the molecule is B.CCOc1ccc(P(O)c2ccccc2)cc1. The highest BCUT2D eigenvalue weighted by Gasteiger charge is 2.09. The van der Waals surface area contributed by atoms with Gasteiger partial charge in [0.1, 0.15) is 5.75 Å². The molecule has 0 saturated heterocycles. The van der Waals surface area contributed by atoms with Crippen LogP contribution in [0.2, 0.25) is 0 Å². The minimum Gasteiger partial charge on any atom is -0.494 e. The van der Waals surface area contributed by atoms with Crippen molar-refractivity contribution in [3.8, 4) is 5.75 Å². The summed E-state index contributed by atoms with van der Waals surface area (Å²) in [6, 6.07) is 17.4. The predicted octanol–water partition coefficient (Wildman–Crippen LogP) is 1.24. The second-order valence-corrected chi connectivity index (χ2v) is 5.23. The lowest BCUT2D eigenvalue weighted by Gasteiger charge is -2.11. The standard InChI is InChI=1S/C14H15O2P.BH3/c1-2-16-12-8-10-14(11-9-12)17(15)13-6-4-3-5-7-13;/h3-11,15H,2H2,1H3;1H3. The molecule has 1 atom stereocenters. The smallest absolute Gasteiger partial charge is 0.119 e. The fourth-order valence-electron chi connectivity index (χ4n) is 1.57.